The fourth-order valence-corrected chi connectivity index (χ4v) is 1.63. The Labute approximate surface area is 78.7 Å². The summed E-state index contributed by atoms with van der Waals surface area (Å²) in [5.41, 5.74) is 0.561. The van der Waals surface area contributed by atoms with Crippen LogP contribution in [-0.4, -0.2) is 22.6 Å². The first-order chi connectivity index (χ1) is 6.22. The topological polar surface area (TPSA) is 78.3 Å². The molecule has 1 heterocycles. The Balaban J connectivity index is 2.54. The van der Waals surface area contributed by atoms with Crippen molar-refractivity contribution < 1.29 is 9.90 Å². The lowest BCUT2D eigenvalue weighted by Gasteiger charge is -1.86. The highest BCUT2D eigenvalue weighted by atomic mass is 32.1. The Hall–Kier alpha value is -1.48. The zero-order chi connectivity index (χ0) is 9.68. The van der Waals surface area contributed by atoms with Gasteiger partial charge in [-0.25, -0.2) is 4.98 Å². The molecule has 1 aromatic heterocycles. The maximum Gasteiger partial charge on any atom is 0.311 e. The van der Waals surface area contributed by atoms with E-state index in [0.29, 0.717) is 18.7 Å². The first kappa shape index (κ1) is 9.61. The summed E-state index contributed by atoms with van der Waals surface area (Å²) >= 11 is 1.39. The third-order valence-electron chi connectivity index (χ3n) is 1.36. The van der Waals surface area contributed by atoms with Gasteiger partial charge in [-0.2, -0.15) is 0 Å². The highest BCUT2D eigenvalue weighted by Gasteiger charge is 2.07. The number of aromatic nitrogens is 1. The number of aliphatic carboxylic acids is 1. The van der Waals surface area contributed by atoms with Crippen molar-refractivity contribution in [1.82, 2.24) is 4.98 Å². The van der Waals surface area contributed by atoms with Gasteiger partial charge in [0.1, 0.15) is 9.98 Å². The van der Waals surface area contributed by atoms with Gasteiger partial charge < -0.3 is 5.11 Å². The lowest BCUT2D eigenvalue weighted by Crippen LogP contribution is -2.00. The van der Waals surface area contributed by atoms with Gasteiger partial charge in [0, 0.05) is 5.38 Å². The van der Waals surface area contributed by atoms with Gasteiger partial charge in [0.2, 0.25) is 5.39 Å². The van der Waals surface area contributed by atoms with Gasteiger partial charge in [0.15, 0.2) is 0 Å². The molecule has 1 rings (SSSR count). The first-order valence-electron chi connectivity index (χ1n) is 3.68. The normalized spacial score (nSPS) is 9.46. The van der Waals surface area contributed by atoms with E-state index in [0.717, 1.165) is 5.01 Å². The Morgan fingerprint density at radius 1 is 1.77 bits per heavy atom. The summed E-state index contributed by atoms with van der Waals surface area (Å²) in [6, 6.07) is 0. The van der Waals surface area contributed by atoms with Crippen LogP contribution in [0.4, 0.5) is 0 Å². The summed E-state index contributed by atoms with van der Waals surface area (Å²) < 4.78 is 0. The zero-order valence-corrected chi connectivity index (χ0v) is 7.62. The monoisotopic (exact) mass is 198 g/mol. The first-order valence-corrected chi connectivity index (χ1v) is 4.56. The number of thiazole rings is 1. The number of carbonyl (C=O) groups is 1. The van der Waals surface area contributed by atoms with Crippen LogP contribution >= 0.6 is 11.3 Å². The molecule has 0 saturated heterocycles. The van der Waals surface area contributed by atoms with Gasteiger partial charge in [0.25, 0.3) is 0 Å². The second-order valence-electron chi connectivity index (χ2n) is 2.42. The number of diazo groups is 1. The summed E-state index contributed by atoms with van der Waals surface area (Å²) in [5.74, 6) is -0.885. The van der Waals surface area contributed by atoms with Crippen molar-refractivity contribution in [3.8, 4) is 0 Å². The lowest BCUT2D eigenvalue weighted by atomic mass is 10.3. The number of hydrogen-bond acceptors (Lipinski definition) is 4. The van der Waals surface area contributed by atoms with Gasteiger partial charge in [-0.3, -0.25) is 4.79 Å². The molecule has 1 N–H and O–H groups in total. The summed E-state index contributed by atoms with van der Waals surface area (Å²) in [6.07, 6.45) is 0.507. The largest absolute Gasteiger partial charge is 0.481 e. The molecule has 0 unspecified atom stereocenters. The van der Waals surface area contributed by atoms with E-state index < -0.39 is 5.97 Å². The van der Waals surface area contributed by atoms with Crippen molar-refractivity contribution in [2.45, 2.75) is 12.8 Å². The van der Waals surface area contributed by atoms with Crippen molar-refractivity contribution in [3.63, 3.8) is 0 Å². The molecular formula is C7H8N3O2S+. The summed E-state index contributed by atoms with van der Waals surface area (Å²) in [5, 5.41) is 19.2. The predicted octanol–water partition coefficient (Wildman–Crippen LogP) is 1.17. The predicted molar refractivity (Wildman–Crippen MR) is 47.1 cm³/mol. The highest BCUT2D eigenvalue weighted by Crippen LogP contribution is 2.10. The van der Waals surface area contributed by atoms with Crippen molar-refractivity contribution in [1.29, 1.82) is 5.39 Å². The Morgan fingerprint density at radius 2 is 2.54 bits per heavy atom. The standard InChI is InChI=1S/C7H7N3O2S/c8-9-2-1-6-10-5(4-13-6)3-7(11)12/h4H,1-3H2/p+1. The molecular weight excluding hydrogens is 190 g/mol. The molecule has 0 spiro atoms. The third-order valence-corrected chi connectivity index (χ3v) is 2.31. The van der Waals surface area contributed by atoms with Crippen molar-refractivity contribution in [3.05, 3.63) is 21.1 Å². The van der Waals surface area contributed by atoms with Crippen LogP contribution in [0.1, 0.15) is 10.7 Å². The quantitative estimate of drug-likeness (QED) is 0.736. The Kier molecular flexibility index (Phi) is 3.34. The SMILES string of the molecule is N#[N+]CCc1nc(CC(=O)O)cs1. The van der Waals surface area contributed by atoms with E-state index in [1.807, 2.05) is 0 Å². The molecule has 68 valence electrons. The van der Waals surface area contributed by atoms with E-state index in [9.17, 15) is 4.79 Å². The molecule has 0 aliphatic rings. The molecule has 6 heteroatoms. The minimum absolute atomic E-state index is 0.0488. The van der Waals surface area contributed by atoms with Crippen LogP contribution in [0, 0.1) is 5.39 Å². The van der Waals surface area contributed by atoms with Gasteiger partial charge in [-0.1, -0.05) is 0 Å². The molecule has 0 atom stereocenters. The van der Waals surface area contributed by atoms with Crippen LogP contribution < -0.4 is 0 Å². The zero-order valence-electron chi connectivity index (χ0n) is 6.80. The molecule has 1 aromatic rings. The van der Waals surface area contributed by atoms with E-state index in [-0.39, 0.29) is 6.42 Å². The van der Waals surface area contributed by atoms with Crippen LogP contribution in [0.5, 0.6) is 0 Å². The summed E-state index contributed by atoms with van der Waals surface area (Å²) in [4.78, 5) is 17.3. The highest BCUT2D eigenvalue weighted by molar-refractivity contribution is 7.09. The van der Waals surface area contributed by atoms with Crippen LogP contribution in [0.3, 0.4) is 0 Å². The smallest absolute Gasteiger partial charge is 0.311 e. The Morgan fingerprint density at radius 3 is 3.15 bits per heavy atom. The minimum Gasteiger partial charge on any atom is -0.481 e. The average Bonchev–Trinajstić information content (AvgIpc) is 2.48. The molecule has 0 radical (unpaired) electrons. The van der Waals surface area contributed by atoms with Crippen LogP contribution in [-0.2, 0) is 17.6 Å². The lowest BCUT2D eigenvalue weighted by molar-refractivity contribution is -0.136. The number of carboxylic acids is 1. The Bertz CT molecular complexity index is 342. The van der Waals surface area contributed by atoms with Crippen molar-refractivity contribution >= 4 is 17.3 Å². The van der Waals surface area contributed by atoms with E-state index in [4.69, 9.17) is 10.5 Å². The third kappa shape index (κ3) is 3.17. The summed E-state index contributed by atoms with van der Waals surface area (Å²) in [6.45, 7) is 0.306. The molecule has 0 bridgehead atoms. The molecule has 0 aliphatic carbocycles. The van der Waals surface area contributed by atoms with Gasteiger partial charge in [-0.15, -0.1) is 11.3 Å². The molecule has 0 amide bonds. The maximum atomic E-state index is 10.3. The second-order valence-corrected chi connectivity index (χ2v) is 3.36. The molecule has 0 saturated carbocycles. The second kappa shape index (κ2) is 4.52. The van der Waals surface area contributed by atoms with E-state index in [1.54, 1.807) is 5.38 Å². The van der Waals surface area contributed by atoms with Crippen molar-refractivity contribution in [2.24, 2.45) is 0 Å². The minimum atomic E-state index is -0.885. The fourth-order valence-electron chi connectivity index (χ4n) is 0.846. The van der Waals surface area contributed by atoms with E-state index >= 15 is 0 Å². The number of carboxylic acid groups (broad SMARTS) is 1. The van der Waals surface area contributed by atoms with Crippen LogP contribution in [0.25, 0.3) is 4.98 Å². The molecule has 0 fully saturated rings. The molecule has 0 aliphatic heterocycles. The van der Waals surface area contributed by atoms with Gasteiger partial charge in [0.05, 0.1) is 18.5 Å². The van der Waals surface area contributed by atoms with Crippen molar-refractivity contribution in [2.75, 3.05) is 6.54 Å². The number of hydrogen-bond donors (Lipinski definition) is 1. The summed E-state index contributed by atoms with van der Waals surface area (Å²) in [7, 11) is 0. The molecule has 0 aromatic carbocycles. The number of rotatable bonds is 4. The van der Waals surface area contributed by atoms with Gasteiger partial charge >= 0.3 is 12.5 Å². The average molecular weight is 198 g/mol. The van der Waals surface area contributed by atoms with E-state index in [2.05, 4.69) is 9.96 Å². The molecule has 13 heavy (non-hydrogen) atoms. The van der Waals surface area contributed by atoms with Crippen LogP contribution in [0.15, 0.2) is 5.38 Å². The number of nitrogens with zero attached hydrogens (tertiary/aromatic N) is 3. The molecule has 5 nitrogen and oxygen atoms in total. The fraction of sp³-hybridized carbons (Fsp3) is 0.429. The maximum absolute atomic E-state index is 10.3. The van der Waals surface area contributed by atoms with Crippen LogP contribution in [0.2, 0.25) is 0 Å². The van der Waals surface area contributed by atoms with Gasteiger partial charge in [-0.05, 0) is 0 Å². The van der Waals surface area contributed by atoms with E-state index in [1.165, 1.54) is 11.3 Å².